The van der Waals surface area contributed by atoms with Crippen molar-refractivity contribution in [2.24, 2.45) is 0 Å². The Morgan fingerprint density at radius 3 is 2.68 bits per heavy atom. The predicted octanol–water partition coefficient (Wildman–Crippen LogP) is 3.75. The van der Waals surface area contributed by atoms with Crippen molar-refractivity contribution in [3.63, 3.8) is 0 Å². The molecule has 0 aromatic heterocycles. The molecule has 0 aliphatic carbocycles. The molecule has 0 radical (unpaired) electrons. The summed E-state index contributed by atoms with van der Waals surface area (Å²) in [7, 11) is 0. The fraction of sp³-hybridized carbons (Fsp3) is 0.350. The van der Waals surface area contributed by atoms with Gasteiger partial charge in [0, 0.05) is 18.5 Å². The third-order valence-corrected chi connectivity index (χ3v) is 4.88. The molecule has 5 heteroatoms. The molecule has 25 heavy (non-hydrogen) atoms. The summed E-state index contributed by atoms with van der Waals surface area (Å²) < 4.78 is 25.0. The summed E-state index contributed by atoms with van der Waals surface area (Å²) in [6.07, 6.45) is 1.61. The lowest BCUT2D eigenvalue weighted by molar-refractivity contribution is 0.0676. The Bertz CT molecular complexity index is 821. The highest BCUT2D eigenvalue weighted by molar-refractivity contribution is 5.94. The Morgan fingerprint density at radius 1 is 1.16 bits per heavy atom. The van der Waals surface area contributed by atoms with E-state index in [0.29, 0.717) is 25.3 Å². The van der Waals surface area contributed by atoms with Crippen LogP contribution < -0.4 is 9.47 Å². The van der Waals surface area contributed by atoms with Gasteiger partial charge in [0.1, 0.15) is 5.82 Å². The van der Waals surface area contributed by atoms with Crippen molar-refractivity contribution in [1.29, 1.82) is 0 Å². The highest BCUT2D eigenvalue weighted by atomic mass is 19.1. The number of nitrogens with zero attached hydrogens (tertiary/aromatic N) is 1. The molecule has 0 fully saturated rings. The molecule has 2 aromatic carbocycles. The van der Waals surface area contributed by atoms with E-state index in [2.05, 4.69) is 0 Å². The third kappa shape index (κ3) is 2.95. The zero-order valence-electron chi connectivity index (χ0n) is 14.1. The van der Waals surface area contributed by atoms with E-state index in [1.54, 1.807) is 17.0 Å². The number of benzene rings is 2. The first-order valence-corrected chi connectivity index (χ1v) is 8.62. The van der Waals surface area contributed by atoms with E-state index in [1.807, 2.05) is 19.1 Å². The Labute approximate surface area is 146 Å². The number of carbonyl (C=O) groups excluding carboxylic acids is 1. The first-order chi connectivity index (χ1) is 12.1. The molecule has 2 aromatic rings. The topological polar surface area (TPSA) is 38.8 Å². The fourth-order valence-electron chi connectivity index (χ4n) is 3.54. The molecule has 2 heterocycles. The van der Waals surface area contributed by atoms with Gasteiger partial charge in [-0.15, -0.1) is 0 Å². The molecule has 0 bridgehead atoms. The predicted molar refractivity (Wildman–Crippen MR) is 91.6 cm³/mol. The zero-order valence-corrected chi connectivity index (χ0v) is 14.1. The van der Waals surface area contributed by atoms with Crippen LogP contribution in [0.3, 0.4) is 0 Å². The van der Waals surface area contributed by atoms with Crippen molar-refractivity contribution in [2.45, 2.75) is 25.8 Å². The number of halogens is 1. The van der Waals surface area contributed by atoms with Crippen molar-refractivity contribution >= 4 is 5.91 Å². The summed E-state index contributed by atoms with van der Waals surface area (Å²) >= 11 is 0. The van der Waals surface area contributed by atoms with Gasteiger partial charge in [-0.2, -0.15) is 0 Å². The van der Waals surface area contributed by atoms with Crippen molar-refractivity contribution < 1.29 is 18.7 Å². The largest absolute Gasteiger partial charge is 0.490 e. The average molecular weight is 341 g/mol. The number of amides is 1. The first-order valence-electron chi connectivity index (χ1n) is 8.62. The highest BCUT2D eigenvalue weighted by Crippen LogP contribution is 2.39. The maximum absolute atomic E-state index is 13.5. The van der Waals surface area contributed by atoms with Gasteiger partial charge in [0.25, 0.3) is 5.91 Å². The van der Waals surface area contributed by atoms with Crippen molar-refractivity contribution in [3.8, 4) is 11.5 Å². The quantitative estimate of drug-likeness (QED) is 0.793. The van der Waals surface area contributed by atoms with E-state index >= 15 is 0 Å². The summed E-state index contributed by atoms with van der Waals surface area (Å²) in [6, 6.07) is 9.79. The standard InChI is InChI=1S/C20H20FNO3/c1-13-17-12-19-18(24-8-3-9-25-19)11-14(17)6-7-22(13)20(23)15-4-2-5-16(21)10-15/h2,4-5,10-13H,3,6-9H2,1H3/t13-/m1/s1. The van der Waals surface area contributed by atoms with E-state index in [9.17, 15) is 9.18 Å². The second-order valence-corrected chi connectivity index (χ2v) is 6.48. The molecule has 4 nitrogen and oxygen atoms in total. The van der Waals surface area contributed by atoms with E-state index in [0.717, 1.165) is 29.9 Å². The molecule has 0 spiro atoms. The van der Waals surface area contributed by atoms with Gasteiger partial charge in [0.15, 0.2) is 11.5 Å². The third-order valence-electron chi connectivity index (χ3n) is 4.88. The van der Waals surface area contributed by atoms with E-state index < -0.39 is 5.82 Å². The van der Waals surface area contributed by atoms with E-state index in [-0.39, 0.29) is 11.9 Å². The second kappa shape index (κ2) is 6.39. The summed E-state index contributed by atoms with van der Waals surface area (Å²) in [4.78, 5) is 14.6. The van der Waals surface area contributed by atoms with Crippen LogP contribution in [-0.2, 0) is 6.42 Å². The summed E-state index contributed by atoms with van der Waals surface area (Å²) in [5, 5.41) is 0. The molecule has 0 unspecified atom stereocenters. The molecular weight excluding hydrogens is 321 g/mol. The van der Waals surface area contributed by atoms with Gasteiger partial charge in [-0.05, 0) is 54.8 Å². The molecule has 1 amide bonds. The number of hydrogen-bond donors (Lipinski definition) is 0. The maximum Gasteiger partial charge on any atom is 0.254 e. The molecule has 2 aliphatic rings. The van der Waals surface area contributed by atoms with Gasteiger partial charge in [0.2, 0.25) is 0 Å². The average Bonchev–Trinajstić information content (AvgIpc) is 2.85. The Kier molecular flexibility index (Phi) is 4.07. The Morgan fingerprint density at radius 2 is 1.92 bits per heavy atom. The fourth-order valence-corrected chi connectivity index (χ4v) is 3.54. The molecule has 0 N–H and O–H groups in total. The lowest BCUT2D eigenvalue weighted by Gasteiger charge is -2.36. The second-order valence-electron chi connectivity index (χ2n) is 6.48. The number of fused-ring (bicyclic) bond motifs is 2. The van der Waals surface area contributed by atoms with E-state index in [4.69, 9.17) is 9.47 Å². The van der Waals surface area contributed by atoms with Gasteiger partial charge in [-0.3, -0.25) is 4.79 Å². The molecule has 2 aliphatic heterocycles. The van der Waals surface area contributed by atoms with Gasteiger partial charge in [0.05, 0.1) is 19.3 Å². The van der Waals surface area contributed by atoms with Crippen molar-refractivity contribution in [3.05, 3.63) is 58.9 Å². The molecule has 0 saturated carbocycles. The van der Waals surface area contributed by atoms with Crippen LogP contribution in [0.2, 0.25) is 0 Å². The summed E-state index contributed by atoms with van der Waals surface area (Å²) in [5.74, 6) is 0.980. The van der Waals surface area contributed by atoms with Crippen LogP contribution in [0.4, 0.5) is 4.39 Å². The zero-order chi connectivity index (χ0) is 17.4. The smallest absolute Gasteiger partial charge is 0.254 e. The number of carbonyl (C=O) groups is 1. The van der Waals surface area contributed by atoms with Crippen LogP contribution in [0.25, 0.3) is 0 Å². The van der Waals surface area contributed by atoms with Gasteiger partial charge in [-0.25, -0.2) is 4.39 Å². The molecule has 0 saturated heterocycles. The minimum Gasteiger partial charge on any atom is -0.490 e. The Balaban J connectivity index is 1.65. The van der Waals surface area contributed by atoms with Gasteiger partial charge in [-0.1, -0.05) is 6.07 Å². The van der Waals surface area contributed by atoms with Crippen LogP contribution in [0.15, 0.2) is 36.4 Å². The number of hydrogen-bond acceptors (Lipinski definition) is 3. The highest BCUT2D eigenvalue weighted by Gasteiger charge is 2.30. The molecular formula is C20H20FNO3. The lowest BCUT2D eigenvalue weighted by atomic mass is 9.92. The maximum atomic E-state index is 13.5. The van der Waals surface area contributed by atoms with Crippen LogP contribution in [0.5, 0.6) is 11.5 Å². The monoisotopic (exact) mass is 341 g/mol. The molecule has 130 valence electrons. The summed E-state index contributed by atoms with van der Waals surface area (Å²) in [5.41, 5.74) is 2.63. The van der Waals surface area contributed by atoms with Crippen LogP contribution >= 0.6 is 0 Å². The molecule has 1 atom stereocenters. The summed E-state index contributed by atoms with van der Waals surface area (Å²) in [6.45, 7) is 3.89. The molecule has 4 rings (SSSR count). The minimum absolute atomic E-state index is 0.100. The van der Waals surface area contributed by atoms with Crippen molar-refractivity contribution in [2.75, 3.05) is 19.8 Å². The SMILES string of the molecule is C[C@@H]1c2cc3c(cc2CCN1C(=O)c1cccc(F)c1)OCCCO3. The minimum atomic E-state index is -0.396. The van der Waals surface area contributed by atoms with Crippen LogP contribution in [0, 0.1) is 5.82 Å². The first kappa shape index (κ1) is 15.9. The van der Waals surface area contributed by atoms with Crippen LogP contribution in [0.1, 0.15) is 40.9 Å². The normalized spacial score (nSPS) is 19.1. The Hall–Kier alpha value is -2.56. The van der Waals surface area contributed by atoms with Gasteiger partial charge >= 0.3 is 0 Å². The van der Waals surface area contributed by atoms with E-state index in [1.165, 1.54) is 17.7 Å². The van der Waals surface area contributed by atoms with Crippen molar-refractivity contribution in [1.82, 2.24) is 4.90 Å². The number of rotatable bonds is 1. The van der Waals surface area contributed by atoms with Crippen LogP contribution in [-0.4, -0.2) is 30.6 Å². The number of ether oxygens (including phenoxy) is 2. The lowest BCUT2D eigenvalue weighted by Crippen LogP contribution is -2.38. The van der Waals surface area contributed by atoms with Gasteiger partial charge < -0.3 is 14.4 Å².